The molecule has 0 spiro atoms. The van der Waals surface area contributed by atoms with Crippen LogP contribution in [-0.2, 0) is 4.79 Å². The van der Waals surface area contributed by atoms with E-state index in [1.807, 2.05) is 18.2 Å². The van der Waals surface area contributed by atoms with E-state index in [0.717, 1.165) is 57.8 Å². The van der Waals surface area contributed by atoms with Gasteiger partial charge in [0.15, 0.2) is 0 Å². The van der Waals surface area contributed by atoms with Crippen molar-refractivity contribution >= 4 is 17.7 Å². The number of rotatable bonds is 14. The normalized spacial score (nSPS) is 13.8. The average Bonchev–Trinajstić information content (AvgIpc) is 3.08. The van der Waals surface area contributed by atoms with Crippen molar-refractivity contribution < 1.29 is 14.4 Å². The lowest BCUT2D eigenvalue weighted by Gasteiger charge is -2.19. The molecule has 0 aliphatic carbocycles. The average molecular weight is 449 g/mol. The van der Waals surface area contributed by atoms with Crippen LogP contribution in [0.2, 0.25) is 0 Å². The number of amides is 3. The summed E-state index contributed by atoms with van der Waals surface area (Å²) < 4.78 is 0. The zero-order valence-corrected chi connectivity index (χ0v) is 19.7. The molecule has 176 valence electrons. The number of nitrogens with zero attached hydrogens (tertiary/aromatic N) is 1. The maximum absolute atomic E-state index is 12.4. The molecule has 1 heterocycles. The molecule has 1 N–H and O–H groups in total. The van der Waals surface area contributed by atoms with Crippen molar-refractivity contribution in [2.75, 3.05) is 6.54 Å². The Labute approximate surface area is 197 Å². The second-order valence-corrected chi connectivity index (χ2v) is 8.85. The Kier molecular flexibility index (Phi) is 9.67. The van der Waals surface area contributed by atoms with Crippen LogP contribution < -0.4 is 5.32 Å². The second-order valence-electron chi connectivity index (χ2n) is 8.85. The molecule has 2 aromatic carbocycles. The van der Waals surface area contributed by atoms with E-state index in [4.69, 9.17) is 0 Å². The van der Waals surface area contributed by atoms with Crippen LogP contribution in [0.15, 0.2) is 54.6 Å². The zero-order chi connectivity index (χ0) is 23.5. The minimum absolute atomic E-state index is 0.0980. The summed E-state index contributed by atoms with van der Waals surface area (Å²) in [4.78, 5) is 38.6. The Bertz CT molecular complexity index is 891. The fraction of sp³-hybridized carbons (Fsp3) is 0.464. The van der Waals surface area contributed by atoms with Gasteiger partial charge in [-0.05, 0) is 37.0 Å². The van der Waals surface area contributed by atoms with Gasteiger partial charge in [-0.15, -0.1) is 0 Å². The van der Waals surface area contributed by atoms with Crippen molar-refractivity contribution in [2.24, 2.45) is 0 Å². The van der Waals surface area contributed by atoms with Crippen molar-refractivity contribution in [1.82, 2.24) is 10.2 Å². The minimum atomic E-state index is -0.172. The predicted molar refractivity (Wildman–Crippen MR) is 131 cm³/mol. The van der Waals surface area contributed by atoms with Gasteiger partial charge < -0.3 is 5.32 Å². The van der Waals surface area contributed by atoms with Crippen molar-refractivity contribution in [3.63, 3.8) is 0 Å². The molecule has 5 nitrogen and oxygen atoms in total. The molecule has 0 unspecified atom stereocenters. The second kappa shape index (κ2) is 12.9. The molecule has 33 heavy (non-hydrogen) atoms. The van der Waals surface area contributed by atoms with Gasteiger partial charge in [-0.1, -0.05) is 87.9 Å². The van der Waals surface area contributed by atoms with Gasteiger partial charge in [0.05, 0.1) is 17.2 Å². The van der Waals surface area contributed by atoms with Crippen molar-refractivity contribution in [2.45, 2.75) is 77.2 Å². The molecule has 0 radical (unpaired) electrons. The number of nitrogens with one attached hydrogen (secondary N) is 1. The smallest absolute Gasteiger partial charge is 0.261 e. The van der Waals surface area contributed by atoms with Gasteiger partial charge in [0.2, 0.25) is 5.91 Å². The number of hydrogen-bond donors (Lipinski definition) is 1. The highest BCUT2D eigenvalue weighted by Gasteiger charge is 2.34. The minimum Gasteiger partial charge on any atom is -0.349 e. The van der Waals surface area contributed by atoms with Gasteiger partial charge in [0, 0.05) is 13.0 Å². The number of unbranched alkanes of at least 4 members (excludes halogenated alkanes) is 6. The summed E-state index contributed by atoms with van der Waals surface area (Å²) in [5.41, 5.74) is 2.22. The third-order valence-electron chi connectivity index (χ3n) is 6.30. The molecule has 3 rings (SSSR count). The quantitative estimate of drug-likeness (QED) is 0.282. The maximum atomic E-state index is 12.4. The van der Waals surface area contributed by atoms with Crippen LogP contribution in [-0.4, -0.2) is 29.2 Å². The van der Waals surface area contributed by atoms with E-state index < -0.39 is 0 Å². The molecule has 0 saturated heterocycles. The number of carbonyl (C=O) groups is 3. The number of hydrogen-bond acceptors (Lipinski definition) is 3. The Morgan fingerprint density at radius 2 is 1.36 bits per heavy atom. The van der Waals surface area contributed by atoms with Crippen LogP contribution >= 0.6 is 0 Å². The number of benzene rings is 2. The predicted octanol–water partition coefficient (Wildman–Crippen LogP) is 6.06. The summed E-state index contributed by atoms with van der Waals surface area (Å²) in [7, 11) is 0. The lowest BCUT2D eigenvalue weighted by atomic mass is 10.0. The first-order chi connectivity index (χ1) is 16.1. The van der Waals surface area contributed by atoms with Crippen LogP contribution in [0.25, 0.3) is 0 Å². The van der Waals surface area contributed by atoms with Gasteiger partial charge >= 0.3 is 0 Å². The van der Waals surface area contributed by atoms with Crippen LogP contribution in [0, 0.1) is 0 Å². The van der Waals surface area contributed by atoms with E-state index in [0.29, 0.717) is 24.1 Å². The Balaban J connectivity index is 1.27. The molecular weight excluding hydrogens is 412 g/mol. The summed E-state index contributed by atoms with van der Waals surface area (Å²) >= 11 is 0. The van der Waals surface area contributed by atoms with Gasteiger partial charge in [-0.25, -0.2) is 0 Å². The highest BCUT2D eigenvalue weighted by molar-refractivity contribution is 6.21. The maximum Gasteiger partial charge on any atom is 0.261 e. The van der Waals surface area contributed by atoms with Crippen LogP contribution in [0.4, 0.5) is 0 Å². The van der Waals surface area contributed by atoms with E-state index in [-0.39, 0.29) is 23.8 Å². The third-order valence-corrected chi connectivity index (χ3v) is 6.30. The topological polar surface area (TPSA) is 66.5 Å². The highest BCUT2D eigenvalue weighted by atomic mass is 16.2. The van der Waals surface area contributed by atoms with Gasteiger partial charge in [-0.2, -0.15) is 0 Å². The molecule has 3 amide bonds. The molecule has 5 heteroatoms. The lowest BCUT2D eigenvalue weighted by Crippen LogP contribution is -2.30. The van der Waals surface area contributed by atoms with Crippen molar-refractivity contribution in [3.05, 3.63) is 71.3 Å². The van der Waals surface area contributed by atoms with E-state index in [1.54, 1.807) is 24.3 Å². The van der Waals surface area contributed by atoms with E-state index >= 15 is 0 Å². The van der Waals surface area contributed by atoms with Crippen LogP contribution in [0.5, 0.6) is 0 Å². The molecular formula is C28H36N2O3. The molecule has 0 aromatic heterocycles. The van der Waals surface area contributed by atoms with Crippen molar-refractivity contribution in [1.29, 1.82) is 0 Å². The van der Waals surface area contributed by atoms with Crippen LogP contribution in [0.3, 0.4) is 0 Å². The van der Waals surface area contributed by atoms with E-state index in [1.165, 1.54) is 10.5 Å². The highest BCUT2D eigenvalue weighted by Crippen LogP contribution is 2.23. The summed E-state index contributed by atoms with van der Waals surface area (Å²) in [6.07, 6.45) is 9.57. The molecule has 1 aliphatic heterocycles. The third kappa shape index (κ3) is 7.01. The van der Waals surface area contributed by atoms with Gasteiger partial charge in [0.1, 0.15) is 0 Å². The molecule has 1 aliphatic rings. The molecule has 2 aromatic rings. The van der Waals surface area contributed by atoms with E-state index in [2.05, 4.69) is 24.4 Å². The number of imide groups is 1. The van der Waals surface area contributed by atoms with Gasteiger partial charge in [-0.3, -0.25) is 19.3 Å². The first-order valence-electron chi connectivity index (χ1n) is 12.4. The zero-order valence-electron chi connectivity index (χ0n) is 19.7. The molecule has 1 atom stereocenters. The first kappa shape index (κ1) is 24.7. The van der Waals surface area contributed by atoms with Crippen molar-refractivity contribution in [3.8, 4) is 0 Å². The number of fused-ring (bicyclic) bond motifs is 1. The monoisotopic (exact) mass is 448 g/mol. The van der Waals surface area contributed by atoms with E-state index in [9.17, 15) is 14.4 Å². The SMILES string of the molecule is CCCC[C@H](NC(=O)CCCCCCCCN1C(=O)c2ccccc2C1=O)c1ccccc1. The van der Waals surface area contributed by atoms with Gasteiger partial charge in [0.25, 0.3) is 11.8 Å². The standard InChI is InChI=1S/C28H36N2O3/c1-2-3-19-25(22-15-9-8-10-16-22)29-26(31)20-11-6-4-5-7-14-21-30-27(32)23-17-12-13-18-24(23)28(30)33/h8-10,12-13,15-18,25H,2-7,11,14,19-21H2,1H3,(H,29,31)/t25-/m0/s1. The molecule has 0 saturated carbocycles. The molecule has 0 bridgehead atoms. The Hall–Kier alpha value is -2.95. The Morgan fingerprint density at radius 3 is 2.00 bits per heavy atom. The first-order valence-corrected chi connectivity index (χ1v) is 12.4. The summed E-state index contributed by atoms with van der Waals surface area (Å²) in [5, 5.41) is 3.22. The fourth-order valence-corrected chi connectivity index (χ4v) is 4.39. The summed E-state index contributed by atoms with van der Waals surface area (Å²) in [6, 6.07) is 17.3. The fourth-order valence-electron chi connectivity index (χ4n) is 4.39. The lowest BCUT2D eigenvalue weighted by molar-refractivity contribution is -0.122. The summed E-state index contributed by atoms with van der Waals surface area (Å²) in [6.45, 7) is 2.65. The van der Waals surface area contributed by atoms with Crippen LogP contribution in [0.1, 0.15) is 103 Å². The largest absolute Gasteiger partial charge is 0.349 e. The summed E-state index contributed by atoms with van der Waals surface area (Å²) in [5.74, 6) is -0.214. The number of carbonyl (C=O) groups excluding carboxylic acids is 3. The molecule has 0 fully saturated rings. The Morgan fingerprint density at radius 1 is 0.788 bits per heavy atom.